The first-order valence-electron chi connectivity index (χ1n) is 11.2. The van der Waals surface area contributed by atoms with Crippen LogP contribution in [0.3, 0.4) is 0 Å². The third-order valence-corrected chi connectivity index (χ3v) is 9.61. The van der Waals surface area contributed by atoms with E-state index in [1.54, 1.807) is 0 Å². The standard InChI is InChI=1S/C24H30O4/c25-19(26)23-10-18-9-22(12-23,13-24(11-18,14-23)20(27)28)2-1-21-6-15-3-16(7-21)5-17(4-15)8-21/h15-18H,3-14H2,(H,25,26)(H,27,28). The molecule has 8 bridgehead atoms. The fourth-order valence-electron chi connectivity index (χ4n) is 9.58. The first kappa shape index (κ1) is 17.4. The summed E-state index contributed by atoms with van der Waals surface area (Å²) in [6.45, 7) is 0. The Labute approximate surface area is 166 Å². The normalized spacial score (nSPS) is 55.0. The Morgan fingerprint density at radius 1 is 0.607 bits per heavy atom. The molecule has 150 valence electrons. The molecule has 8 rings (SSSR count). The van der Waals surface area contributed by atoms with E-state index in [2.05, 4.69) is 11.8 Å². The van der Waals surface area contributed by atoms with Crippen LogP contribution in [0, 0.1) is 57.2 Å². The average Bonchev–Trinajstić information content (AvgIpc) is 2.58. The second-order valence-electron chi connectivity index (χ2n) is 11.9. The van der Waals surface area contributed by atoms with Crippen LogP contribution in [0.2, 0.25) is 0 Å². The van der Waals surface area contributed by atoms with Gasteiger partial charge in [-0.3, -0.25) is 9.59 Å². The van der Waals surface area contributed by atoms with Gasteiger partial charge in [0.25, 0.3) is 0 Å². The van der Waals surface area contributed by atoms with E-state index < -0.39 is 22.8 Å². The highest BCUT2D eigenvalue weighted by Crippen LogP contribution is 2.70. The molecule has 8 aliphatic carbocycles. The summed E-state index contributed by atoms with van der Waals surface area (Å²) in [6.07, 6.45) is 11.5. The molecular formula is C24H30O4. The highest BCUT2D eigenvalue weighted by molar-refractivity contribution is 5.81. The smallest absolute Gasteiger partial charge is 0.309 e. The van der Waals surface area contributed by atoms with Gasteiger partial charge >= 0.3 is 11.9 Å². The molecule has 8 saturated carbocycles. The summed E-state index contributed by atoms with van der Waals surface area (Å²) in [7, 11) is 0. The highest BCUT2D eigenvalue weighted by atomic mass is 16.4. The maximum Gasteiger partial charge on any atom is 0.309 e. The molecule has 4 nitrogen and oxygen atoms in total. The number of carboxylic acids is 2. The highest BCUT2D eigenvalue weighted by Gasteiger charge is 2.68. The third-order valence-electron chi connectivity index (χ3n) is 9.61. The molecule has 0 heterocycles. The molecule has 4 heteroatoms. The monoisotopic (exact) mass is 382 g/mol. The Morgan fingerprint density at radius 3 is 1.50 bits per heavy atom. The molecule has 8 aliphatic rings. The van der Waals surface area contributed by atoms with Crippen LogP contribution in [0.1, 0.15) is 77.0 Å². The van der Waals surface area contributed by atoms with Gasteiger partial charge in [-0.25, -0.2) is 0 Å². The summed E-state index contributed by atoms with van der Waals surface area (Å²) in [5.74, 6) is 8.57. The second-order valence-corrected chi connectivity index (χ2v) is 11.9. The second kappa shape index (κ2) is 5.15. The number of hydrogen-bond acceptors (Lipinski definition) is 2. The summed E-state index contributed by atoms with van der Waals surface area (Å²) in [4.78, 5) is 24.5. The minimum Gasteiger partial charge on any atom is -0.481 e. The fraction of sp³-hybridized carbons (Fsp3) is 0.833. The number of carboxylic acid groups (broad SMARTS) is 2. The maximum absolute atomic E-state index is 12.2. The van der Waals surface area contributed by atoms with Gasteiger partial charge in [0.1, 0.15) is 0 Å². The molecule has 0 spiro atoms. The summed E-state index contributed by atoms with van der Waals surface area (Å²) in [5, 5.41) is 20.1. The number of carbonyl (C=O) groups is 2. The molecule has 2 N–H and O–H groups in total. The topological polar surface area (TPSA) is 74.6 Å². The van der Waals surface area contributed by atoms with Crippen molar-refractivity contribution in [2.24, 2.45) is 45.3 Å². The summed E-state index contributed by atoms with van der Waals surface area (Å²) in [5.41, 5.74) is -1.98. The first-order valence-corrected chi connectivity index (χ1v) is 11.2. The van der Waals surface area contributed by atoms with Crippen LogP contribution in [0.15, 0.2) is 0 Å². The molecule has 0 aromatic rings. The lowest BCUT2D eigenvalue weighted by molar-refractivity contribution is -0.194. The van der Waals surface area contributed by atoms with Gasteiger partial charge in [0.05, 0.1) is 10.8 Å². The predicted octanol–water partition coefficient (Wildman–Crippen LogP) is 4.33. The number of rotatable bonds is 2. The van der Waals surface area contributed by atoms with E-state index in [-0.39, 0.29) is 16.7 Å². The number of hydrogen-bond donors (Lipinski definition) is 2. The molecule has 8 fully saturated rings. The van der Waals surface area contributed by atoms with Crippen molar-refractivity contribution in [2.45, 2.75) is 77.0 Å². The zero-order valence-electron chi connectivity index (χ0n) is 16.5. The lowest BCUT2D eigenvalue weighted by Gasteiger charge is -2.62. The molecule has 0 amide bonds. The van der Waals surface area contributed by atoms with Gasteiger partial charge in [-0.15, -0.1) is 0 Å². The number of aliphatic carboxylic acids is 2. The van der Waals surface area contributed by atoms with E-state index in [9.17, 15) is 19.8 Å². The molecule has 0 aromatic carbocycles. The van der Waals surface area contributed by atoms with Gasteiger partial charge in [0, 0.05) is 10.8 Å². The van der Waals surface area contributed by atoms with Gasteiger partial charge in [-0.05, 0) is 101 Å². The van der Waals surface area contributed by atoms with Crippen molar-refractivity contribution in [1.29, 1.82) is 0 Å². The van der Waals surface area contributed by atoms with Crippen LogP contribution >= 0.6 is 0 Å². The van der Waals surface area contributed by atoms with Gasteiger partial charge in [0.2, 0.25) is 0 Å². The van der Waals surface area contributed by atoms with Crippen LogP contribution < -0.4 is 0 Å². The molecule has 0 aromatic heterocycles. The van der Waals surface area contributed by atoms with Crippen LogP contribution in [0.25, 0.3) is 0 Å². The Morgan fingerprint density at radius 2 is 1.04 bits per heavy atom. The molecule has 0 aliphatic heterocycles. The third kappa shape index (κ3) is 2.25. The van der Waals surface area contributed by atoms with Gasteiger partial charge in [0.15, 0.2) is 0 Å². The minimum absolute atomic E-state index is 0.144. The van der Waals surface area contributed by atoms with Crippen molar-refractivity contribution in [3.63, 3.8) is 0 Å². The van der Waals surface area contributed by atoms with Crippen LogP contribution in [-0.4, -0.2) is 22.2 Å². The van der Waals surface area contributed by atoms with Crippen molar-refractivity contribution in [1.82, 2.24) is 0 Å². The molecule has 0 saturated heterocycles. The van der Waals surface area contributed by atoms with Crippen molar-refractivity contribution < 1.29 is 19.8 Å². The Hall–Kier alpha value is -1.50. The summed E-state index contributed by atoms with van der Waals surface area (Å²) < 4.78 is 0. The first-order chi connectivity index (χ1) is 13.2. The van der Waals surface area contributed by atoms with Crippen molar-refractivity contribution in [3.05, 3.63) is 0 Å². The van der Waals surface area contributed by atoms with Crippen LogP contribution in [0.4, 0.5) is 0 Å². The lowest BCUT2D eigenvalue weighted by Crippen LogP contribution is -2.61. The molecule has 28 heavy (non-hydrogen) atoms. The zero-order valence-corrected chi connectivity index (χ0v) is 16.5. The van der Waals surface area contributed by atoms with Crippen LogP contribution in [0.5, 0.6) is 0 Å². The van der Waals surface area contributed by atoms with Crippen molar-refractivity contribution in [3.8, 4) is 11.8 Å². The molecule has 2 atom stereocenters. The van der Waals surface area contributed by atoms with Crippen LogP contribution in [-0.2, 0) is 9.59 Å². The minimum atomic E-state index is -0.867. The quantitative estimate of drug-likeness (QED) is 0.697. The summed E-state index contributed by atoms with van der Waals surface area (Å²) >= 11 is 0. The van der Waals surface area contributed by atoms with Crippen molar-refractivity contribution >= 4 is 11.9 Å². The Bertz CT molecular complexity index is 764. The van der Waals surface area contributed by atoms with E-state index in [0.717, 1.165) is 24.2 Å². The van der Waals surface area contributed by atoms with Crippen molar-refractivity contribution in [2.75, 3.05) is 0 Å². The average molecular weight is 383 g/mol. The van der Waals surface area contributed by atoms with E-state index >= 15 is 0 Å². The van der Waals surface area contributed by atoms with E-state index in [1.807, 2.05) is 0 Å². The molecular weight excluding hydrogens is 352 g/mol. The van der Waals surface area contributed by atoms with E-state index in [4.69, 9.17) is 0 Å². The van der Waals surface area contributed by atoms with Gasteiger partial charge in [-0.1, -0.05) is 11.8 Å². The zero-order chi connectivity index (χ0) is 19.4. The summed E-state index contributed by atoms with van der Waals surface area (Å²) in [6, 6.07) is 0. The molecule has 0 radical (unpaired) electrons. The predicted molar refractivity (Wildman–Crippen MR) is 102 cm³/mol. The Kier molecular flexibility index (Phi) is 3.20. The SMILES string of the molecule is O=C(O)C12CC3CC(C#CC45CC6CC(CC(C6)C4)C5)(C1)CC(C(=O)O)(C3)C2. The Balaban J connectivity index is 1.39. The van der Waals surface area contributed by atoms with Gasteiger partial charge < -0.3 is 10.2 Å². The lowest BCUT2D eigenvalue weighted by atomic mass is 9.39. The van der Waals surface area contributed by atoms with Gasteiger partial charge in [-0.2, -0.15) is 0 Å². The fourth-order valence-corrected chi connectivity index (χ4v) is 9.58. The van der Waals surface area contributed by atoms with E-state index in [0.29, 0.717) is 32.1 Å². The van der Waals surface area contributed by atoms with E-state index in [1.165, 1.54) is 38.5 Å². The molecule has 2 unspecified atom stereocenters. The largest absolute Gasteiger partial charge is 0.481 e. The maximum atomic E-state index is 12.2.